The fourth-order valence-electron chi connectivity index (χ4n) is 1.93. The van der Waals surface area contributed by atoms with E-state index in [9.17, 15) is 4.79 Å². The third-order valence-corrected chi connectivity index (χ3v) is 2.84. The average Bonchev–Trinajstić information content (AvgIpc) is 2.84. The first-order valence-corrected chi connectivity index (χ1v) is 6.46. The summed E-state index contributed by atoms with van der Waals surface area (Å²) in [5.41, 5.74) is 1.01. The molecule has 2 rings (SSSR count). The highest BCUT2D eigenvalue weighted by Gasteiger charge is 2.12. The van der Waals surface area contributed by atoms with Crippen LogP contribution in [0.4, 0.5) is 5.69 Å². The monoisotopic (exact) mass is 275 g/mol. The van der Waals surface area contributed by atoms with Gasteiger partial charge in [0.15, 0.2) is 5.82 Å². The number of carboxylic acids is 1. The van der Waals surface area contributed by atoms with Gasteiger partial charge < -0.3 is 14.5 Å². The van der Waals surface area contributed by atoms with Gasteiger partial charge in [0, 0.05) is 18.7 Å². The standard InChI is InChI=1S/C14H17N3O3/c1-11-15-13(20-16-11)10-17(9-5-8-14(18)19)12-6-3-2-4-7-12/h2-4,6-7H,5,8-10H2,1H3,(H,18,19). The van der Waals surface area contributed by atoms with E-state index in [0.29, 0.717) is 31.2 Å². The SMILES string of the molecule is Cc1noc(CN(CCCC(=O)O)c2ccccc2)n1. The molecule has 2 aromatic rings. The average molecular weight is 275 g/mol. The van der Waals surface area contributed by atoms with Crippen molar-refractivity contribution in [3.8, 4) is 0 Å². The first kappa shape index (κ1) is 14.0. The van der Waals surface area contributed by atoms with Gasteiger partial charge in [0.2, 0.25) is 5.89 Å². The predicted octanol–water partition coefficient (Wildman–Crippen LogP) is 2.25. The van der Waals surface area contributed by atoms with E-state index in [1.165, 1.54) is 0 Å². The number of nitrogens with zero attached hydrogens (tertiary/aromatic N) is 3. The van der Waals surface area contributed by atoms with Crippen LogP contribution in [0.2, 0.25) is 0 Å². The fourth-order valence-corrected chi connectivity index (χ4v) is 1.93. The summed E-state index contributed by atoms with van der Waals surface area (Å²) < 4.78 is 5.12. The van der Waals surface area contributed by atoms with Crippen molar-refractivity contribution in [1.82, 2.24) is 10.1 Å². The van der Waals surface area contributed by atoms with Crippen LogP contribution in [0.25, 0.3) is 0 Å². The summed E-state index contributed by atoms with van der Waals surface area (Å²) in [6.07, 6.45) is 0.712. The molecule has 0 bridgehead atoms. The van der Waals surface area contributed by atoms with Crippen LogP contribution in [0.1, 0.15) is 24.6 Å². The second-order valence-electron chi connectivity index (χ2n) is 4.49. The minimum Gasteiger partial charge on any atom is -0.481 e. The Morgan fingerprint density at radius 3 is 2.70 bits per heavy atom. The number of hydrogen-bond donors (Lipinski definition) is 1. The van der Waals surface area contributed by atoms with E-state index in [-0.39, 0.29) is 6.42 Å². The largest absolute Gasteiger partial charge is 0.481 e. The molecule has 0 atom stereocenters. The van der Waals surface area contributed by atoms with Crippen molar-refractivity contribution < 1.29 is 14.4 Å². The molecule has 1 heterocycles. The van der Waals surface area contributed by atoms with Gasteiger partial charge in [0.25, 0.3) is 0 Å². The maximum atomic E-state index is 10.6. The lowest BCUT2D eigenvalue weighted by Gasteiger charge is -2.22. The number of aliphatic carboxylic acids is 1. The summed E-state index contributed by atoms with van der Waals surface area (Å²) in [5, 5.41) is 12.5. The third-order valence-electron chi connectivity index (χ3n) is 2.84. The molecule has 1 aromatic carbocycles. The molecule has 0 unspecified atom stereocenters. The van der Waals surface area contributed by atoms with Crippen molar-refractivity contribution in [2.75, 3.05) is 11.4 Å². The minimum atomic E-state index is -0.786. The van der Waals surface area contributed by atoms with Crippen LogP contribution in [0, 0.1) is 6.92 Å². The first-order valence-electron chi connectivity index (χ1n) is 6.46. The Morgan fingerprint density at radius 2 is 2.10 bits per heavy atom. The van der Waals surface area contributed by atoms with E-state index in [1.54, 1.807) is 6.92 Å². The van der Waals surface area contributed by atoms with Gasteiger partial charge in [0.1, 0.15) is 0 Å². The summed E-state index contributed by atoms with van der Waals surface area (Å²) in [4.78, 5) is 16.8. The van der Waals surface area contributed by atoms with Crippen molar-refractivity contribution in [2.24, 2.45) is 0 Å². The van der Waals surface area contributed by atoms with Crippen molar-refractivity contribution in [3.63, 3.8) is 0 Å². The highest BCUT2D eigenvalue weighted by atomic mass is 16.5. The number of hydrogen-bond acceptors (Lipinski definition) is 5. The number of anilines is 1. The second kappa shape index (κ2) is 6.70. The Balaban J connectivity index is 2.05. The van der Waals surface area contributed by atoms with E-state index >= 15 is 0 Å². The van der Waals surface area contributed by atoms with Crippen molar-refractivity contribution >= 4 is 11.7 Å². The number of carbonyl (C=O) groups is 1. The molecule has 0 aliphatic rings. The van der Waals surface area contributed by atoms with Gasteiger partial charge in [-0.05, 0) is 25.5 Å². The van der Waals surface area contributed by atoms with Gasteiger partial charge in [-0.3, -0.25) is 4.79 Å². The number of rotatable bonds is 7. The van der Waals surface area contributed by atoms with Crippen LogP contribution in [0.15, 0.2) is 34.9 Å². The number of benzene rings is 1. The van der Waals surface area contributed by atoms with E-state index < -0.39 is 5.97 Å². The highest BCUT2D eigenvalue weighted by molar-refractivity contribution is 5.66. The summed E-state index contributed by atoms with van der Waals surface area (Å²) in [7, 11) is 0. The van der Waals surface area contributed by atoms with E-state index in [2.05, 4.69) is 10.1 Å². The number of aryl methyl sites for hydroxylation is 1. The van der Waals surface area contributed by atoms with E-state index in [0.717, 1.165) is 5.69 Å². The quantitative estimate of drug-likeness (QED) is 0.834. The number of para-hydroxylation sites is 1. The van der Waals surface area contributed by atoms with E-state index in [1.807, 2.05) is 35.2 Å². The molecular weight excluding hydrogens is 258 g/mol. The molecule has 6 nitrogen and oxygen atoms in total. The van der Waals surface area contributed by atoms with Crippen LogP contribution < -0.4 is 4.90 Å². The first-order chi connectivity index (χ1) is 9.65. The number of aromatic nitrogens is 2. The molecule has 106 valence electrons. The molecule has 0 aliphatic heterocycles. The van der Waals surface area contributed by atoms with Gasteiger partial charge in [-0.1, -0.05) is 23.4 Å². The van der Waals surface area contributed by atoms with Gasteiger partial charge >= 0.3 is 5.97 Å². The Morgan fingerprint density at radius 1 is 1.35 bits per heavy atom. The maximum Gasteiger partial charge on any atom is 0.303 e. The lowest BCUT2D eigenvalue weighted by molar-refractivity contribution is -0.137. The molecule has 1 aromatic heterocycles. The lowest BCUT2D eigenvalue weighted by Crippen LogP contribution is -2.24. The number of carboxylic acid groups (broad SMARTS) is 1. The highest BCUT2D eigenvalue weighted by Crippen LogP contribution is 2.17. The molecule has 0 saturated heterocycles. The van der Waals surface area contributed by atoms with Gasteiger partial charge in [-0.25, -0.2) is 0 Å². The minimum absolute atomic E-state index is 0.145. The van der Waals surface area contributed by atoms with Crippen LogP contribution in [0.5, 0.6) is 0 Å². The summed E-state index contributed by atoms with van der Waals surface area (Å²) in [5.74, 6) is 0.340. The smallest absolute Gasteiger partial charge is 0.303 e. The predicted molar refractivity (Wildman–Crippen MR) is 73.4 cm³/mol. The summed E-state index contributed by atoms with van der Waals surface area (Å²) >= 11 is 0. The maximum absolute atomic E-state index is 10.6. The molecule has 20 heavy (non-hydrogen) atoms. The van der Waals surface area contributed by atoms with Crippen molar-refractivity contribution in [2.45, 2.75) is 26.3 Å². The zero-order valence-electron chi connectivity index (χ0n) is 11.3. The van der Waals surface area contributed by atoms with Crippen molar-refractivity contribution in [1.29, 1.82) is 0 Å². The van der Waals surface area contributed by atoms with Crippen LogP contribution >= 0.6 is 0 Å². The lowest BCUT2D eigenvalue weighted by atomic mass is 10.2. The Labute approximate surface area is 117 Å². The molecule has 0 fully saturated rings. The topological polar surface area (TPSA) is 79.5 Å². The molecule has 1 N–H and O–H groups in total. The van der Waals surface area contributed by atoms with Crippen LogP contribution in [0.3, 0.4) is 0 Å². The Kier molecular flexibility index (Phi) is 4.70. The zero-order valence-corrected chi connectivity index (χ0v) is 11.3. The van der Waals surface area contributed by atoms with E-state index in [4.69, 9.17) is 9.63 Å². The van der Waals surface area contributed by atoms with Gasteiger partial charge in [-0.15, -0.1) is 0 Å². The summed E-state index contributed by atoms with van der Waals surface area (Å²) in [6, 6.07) is 9.78. The van der Waals surface area contributed by atoms with Gasteiger partial charge in [0.05, 0.1) is 6.54 Å². The molecule has 6 heteroatoms. The molecular formula is C14H17N3O3. The fraction of sp³-hybridized carbons (Fsp3) is 0.357. The van der Waals surface area contributed by atoms with Crippen LogP contribution in [-0.2, 0) is 11.3 Å². The molecule has 0 radical (unpaired) electrons. The Hall–Kier alpha value is -2.37. The zero-order chi connectivity index (χ0) is 14.4. The third kappa shape index (κ3) is 4.08. The second-order valence-corrected chi connectivity index (χ2v) is 4.49. The summed E-state index contributed by atoms with van der Waals surface area (Å²) in [6.45, 7) is 2.87. The van der Waals surface area contributed by atoms with Crippen molar-refractivity contribution in [3.05, 3.63) is 42.0 Å². The molecule has 0 saturated carbocycles. The van der Waals surface area contributed by atoms with Gasteiger partial charge in [-0.2, -0.15) is 4.98 Å². The molecule has 0 aliphatic carbocycles. The van der Waals surface area contributed by atoms with Crippen LogP contribution in [-0.4, -0.2) is 27.8 Å². The molecule has 0 amide bonds. The Bertz CT molecular complexity index is 554. The normalized spacial score (nSPS) is 10.4. The molecule has 0 spiro atoms.